The van der Waals surface area contributed by atoms with Gasteiger partial charge in [-0.05, 0) is 47.4 Å². The van der Waals surface area contributed by atoms with E-state index in [1.807, 2.05) is 42.5 Å². The zero-order valence-electron chi connectivity index (χ0n) is 20.5. The number of H-pyrrole nitrogens is 1. The molecule has 0 spiro atoms. The van der Waals surface area contributed by atoms with E-state index in [1.165, 1.54) is 12.1 Å². The summed E-state index contributed by atoms with van der Waals surface area (Å²) in [5.74, 6) is -0.521. The zero-order valence-corrected chi connectivity index (χ0v) is 21.3. The van der Waals surface area contributed by atoms with Gasteiger partial charge in [-0.25, -0.2) is 17.8 Å². The van der Waals surface area contributed by atoms with Gasteiger partial charge in [0.05, 0.1) is 24.8 Å². The Morgan fingerprint density at radius 3 is 2.49 bits per heavy atom. The standard InChI is InChI=1S/C28H26FN3O4S/c1-3-22-23(9-11-26(27(22)29)37(2,34)35)28(33)32-12-13-36-25-10-8-20(14-21(25)16-32)18-4-6-19(7-5-18)24-15-30-17-31-24/h4-11,14-15,17H,3,12-13,16H2,1-2H3,(H,30,31). The first-order valence-electron chi connectivity index (χ1n) is 11.9. The maximum atomic E-state index is 15.1. The topological polar surface area (TPSA) is 92.4 Å². The number of ether oxygens (including phenoxy) is 1. The Balaban J connectivity index is 1.44. The molecule has 1 aliphatic rings. The maximum Gasteiger partial charge on any atom is 0.254 e. The van der Waals surface area contributed by atoms with Crippen molar-refractivity contribution >= 4 is 15.7 Å². The van der Waals surface area contributed by atoms with E-state index < -0.39 is 20.5 Å². The number of benzene rings is 3. The summed E-state index contributed by atoms with van der Waals surface area (Å²) < 4.78 is 44.9. The molecule has 0 radical (unpaired) electrons. The number of aromatic amines is 1. The molecule has 1 aliphatic heterocycles. The molecule has 1 aromatic heterocycles. The van der Waals surface area contributed by atoms with Crippen molar-refractivity contribution in [2.24, 2.45) is 0 Å². The van der Waals surface area contributed by atoms with Crippen LogP contribution in [0.3, 0.4) is 0 Å². The Hall–Kier alpha value is -3.98. The number of rotatable bonds is 5. The van der Waals surface area contributed by atoms with Crippen molar-refractivity contribution in [3.63, 3.8) is 0 Å². The van der Waals surface area contributed by atoms with Gasteiger partial charge < -0.3 is 14.6 Å². The smallest absolute Gasteiger partial charge is 0.254 e. The highest BCUT2D eigenvalue weighted by Gasteiger charge is 2.27. The van der Waals surface area contributed by atoms with E-state index in [4.69, 9.17) is 4.74 Å². The zero-order chi connectivity index (χ0) is 26.2. The number of carbonyl (C=O) groups excluding carboxylic acids is 1. The molecule has 2 heterocycles. The monoisotopic (exact) mass is 519 g/mol. The molecule has 7 nitrogen and oxygen atoms in total. The molecule has 37 heavy (non-hydrogen) atoms. The highest BCUT2D eigenvalue weighted by Crippen LogP contribution is 2.31. The minimum Gasteiger partial charge on any atom is -0.491 e. The second kappa shape index (κ2) is 9.82. The lowest BCUT2D eigenvalue weighted by atomic mass is 10.00. The number of hydrogen-bond acceptors (Lipinski definition) is 5. The third kappa shape index (κ3) is 4.86. The van der Waals surface area contributed by atoms with E-state index in [0.717, 1.165) is 34.2 Å². The molecule has 1 amide bonds. The molecular formula is C28H26FN3O4S. The number of carbonyl (C=O) groups is 1. The van der Waals surface area contributed by atoms with Crippen LogP contribution in [0, 0.1) is 5.82 Å². The van der Waals surface area contributed by atoms with Gasteiger partial charge in [-0.1, -0.05) is 37.3 Å². The molecule has 0 unspecified atom stereocenters. The minimum absolute atomic E-state index is 0.101. The average molecular weight is 520 g/mol. The summed E-state index contributed by atoms with van der Waals surface area (Å²) in [6.45, 7) is 2.60. The maximum absolute atomic E-state index is 15.1. The summed E-state index contributed by atoms with van der Waals surface area (Å²) in [7, 11) is -3.75. The number of sulfone groups is 1. The molecule has 1 N–H and O–H groups in total. The number of imidazole rings is 1. The number of halogens is 1. The number of amides is 1. The first-order valence-corrected chi connectivity index (χ1v) is 13.8. The molecule has 0 saturated heterocycles. The lowest BCUT2D eigenvalue weighted by molar-refractivity contribution is 0.0731. The first kappa shape index (κ1) is 24.7. The lowest BCUT2D eigenvalue weighted by Gasteiger charge is -2.22. The number of hydrogen-bond donors (Lipinski definition) is 1. The first-order chi connectivity index (χ1) is 17.8. The summed E-state index contributed by atoms with van der Waals surface area (Å²) in [5.41, 5.74) is 5.06. The fourth-order valence-electron chi connectivity index (χ4n) is 4.61. The van der Waals surface area contributed by atoms with Crippen molar-refractivity contribution in [1.29, 1.82) is 0 Å². The van der Waals surface area contributed by atoms with E-state index in [0.29, 0.717) is 18.9 Å². The predicted molar refractivity (Wildman–Crippen MR) is 139 cm³/mol. The van der Waals surface area contributed by atoms with Gasteiger partial charge in [-0.2, -0.15) is 0 Å². The fourth-order valence-corrected chi connectivity index (χ4v) is 5.37. The molecule has 190 valence electrons. The number of nitrogens with zero attached hydrogens (tertiary/aromatic N) is 2. The second-order valence-corrected chi connectivity index (χ2v) is 11.0. The summed E-state index contributed by atoms with van der Waals surface area (Å²) in [6, 6.07) is 16.5. The molecule has 0 aliphatic carbocycles. The Bertz CT molecular complexity index is 1570. The van der Waals surface area contributed by atoms with Gasteiger partial charge in [0, 0.05) is 29.5 Å². The number of fused-ring (bicyclic) bond motifs is 1. The van der Waals surface area contributed by atoms with Crippen LogP contribution in [-0.2, 0) is 22.8 Å². The third-order valence-corrected chi connectivity index (χ3v) is 7.66. The van der Waals surface area contributed by atoms with Crippen LogP contribution in [-0.4, -0.2) is 48.6 Å². The van der Waals surface area contributed by atoms with Gasteiger partial charge >= 0.3 is 0 Å². The minimum atomic E-state index is -3.75. The molecule has 4 aromatic rings. The van der Waals surface area contributed by atoms with E-state index in [-0.39, 0.29) is 30.0 Å². The van der Waals surface area contributed by atoms with Crippen LogP contribution in [0.25, 0.3) is 22.4 Å². The molecular weight excluding hydrogens is 493 g/mol. The van der Waals surface area contributed by atoms with Crippen LogP contribution in [0.4, 0.5) is 4.39 Å². The Kier molecular flexibility index (Phi) is 6.55. The lowest BCUT2D eigenvalue weighted by Crippen LogP contribution is -2.33. The van der Waals surface area contributed by atoms with Crippen molar-refractivity contribution in [1.82, 2.24) is 14.9 Å². The van der Waals surface area contributed by atoms with Crippen LogP contribution < -0.4 is 4.74 Å². The summed E-state index contributed by atoms with van der Waals surface area (Å²) in [6.07, 6.45) is 4.55. The van der Waals surface area contributed by atoms with Crippen molar-refractivity contribution in [3.8, 4) is 28.1 Å². The van der Waals surface area contributed by atoms with Gasteiger partial charge in [0.1, 0.15) is 23.1 Å². The van der Waals surface area contributed by atoms with Crippen LogP contribution in [0.15, 0.2) is 72.0 Å². The van der Waals surface area contributed by atoms with Crippen molar-refractivity contribution in [2.45, 2.75) is 24.8 Å². The van der Waals surface area contributed by atoms with Crippen LogP contribution >= 0.6 is 0 Å². The Morgan fingerprint density at radius 1 is 1.08 bits per heavy atom. The van der Waals surface area contributed by atoms with Gasteiger partial charge in [0.25, 0.3) is 5.91 Å². The molecule has 0 bridgehead atoms. The Morgan fingerprint density at radius 2 is 1.81 bits per heavy atom. The van der Waals surface area contributed by atoms with Crippen LogP contribution in [0.1, 0.15) is 28.4 Å². The van der Waals surface area contributed by atoms with E-state index in [2.05, 4.69) is 9.97 Å². The highest BCUT2D eigenvalue weighted by molar-refractivity contribution is 7.90. The second-order valence-electron chi connectivity index (χ2n) is 8.97. The molecule has 0 atom stereocenters. The van der Waals surface area contributed by atoms with Gasteiger partial charge in [0.2, 0.25) is 0 Å². The van der Waals surface area contributed by atoms with Gasteiger partial charge in [-0.15, -0.1) is 0 Å². The summed E-state index contributed by atoms with van der Waals surface area (Å²) >= 11 is 0. The average Bonchev–Trinajstić information content (AvgIpc) is 3.34. The number of nitrogens with one attached hydrogen (secondary N) is 1. The molecule has 0 fully saturated rings. The molecule has 5 rings (SSSR count). The predicted octanol–water partition coefficient (Wildman–Crippen LogP) is 4.88. The van der Waals surface area contributed by atoms with E-state index in [1.54, 1.807) is 24.3 Å². The SMILES string of the molecule is CCc1c(C(=O)N2CCOc3ccc(-c4ccc(-c5cnc[nH]5)cc4)cc3C2)ccc(S(C)(=O)=O)c1F. The van der Waals surface area contributed by atoms with Gasteiger partial charge in [-0.3, -0.25) is 4.79 Å². The summed E-state index contributed by atoms with van der Waals surface area (Å²) in [4.78, 5) is 21.9. The highest BCUT2D eigenvalue weighted by atomic mass is 32.2. The summed E-state index contributed by atoms with van der Waals surface area (Å²) in [5, 5.41) is 0. The molecule has 0 saturated carbocycles. The van der Waals surface area contributed by atoms with Crippen molar-refractivity contribution in [3.05, 3.63) is 89.6 Å². The Labute approximate surface area is 214 Å². The van der Waals surface area contributed by atoms with Crippen LogP contribution in [0.5, 0.6) is 5.75 Å². The normalized spacial score (nSPS) is 13.5. The molecule has 9 heteroatoms. The van der Waals surface area contributed by atoms with Crippen molar-refractivity contribution in [2.75, 3.05) is 19.4 Å². The fraction of sp³-hybridized carbons (Fsp3) is 0.214. The third-order valence-electron chi connectivity index (χ3n) is 6.55. The van der Waals surface area contributed by atoms with E-state index >= 15 is 4.39 Å². The largest absolute Gasteiger partial charge is 0.491 e. The quantitative estimate of drug-likeness (QED) is 0.406. The van der Waals surface area contributed by atoms with Gasteiger partial charge in [0.15, 0.2) is 9.84 Å². The van der Waals surface area contributed by atoms with E-state index in [9.17, 15) is 13.2 Å². The van der Waals surface area contributed by atoms with Crippen LogP contribution in [0.2, 0.25) is 0 Å². The molecule has 3 aromatic carbocycles. The van der Waals surface area contributed by atoms with Crippen molar-refractivity contribution < 1.29 is 22.3 Å². The number of aromatic nitrogens is 2.